The van der Waals surface area contributed by atoms with Crippen molar-refractivity contribution >= 4 is 5.82 Å². The minimum Gasteiger partial charge on any atom is -0.369 e. The molecule has 0 aliphatic carbocycles. The van der Waals surface area contributed by atoms with Gasteiger partial charge in [0, 0.05) is 13.6 Å². The van der Waals surface area contributed by atoms with Crippen LogP contribution in [-0.4, -0.2) is 16.3 Å². The Bertz CT molecular complexity index is 373. The first-order chi connectivity index (χ1) is 7.10. The number of aryl methyl sites for hydroxylation is 2. The van der Waals surface area contributed by atoms with Gasteiger partial charge >= 0.3 is 0 Å². The van der Waals surface area contributed by atoms with Crippen molar-refractivity contribution in [2.75, 3.05) is 11.9 Å². The molecular weight excluding hydrogens is 188 g/mol. The summed E-state index contributed by atoms with van der Waals surface area (Å²) in [5, 5.41) is 16.5. The van der Waals surface area contributed by atoms with Gasteiger partial charge in [0.2, 0.25) is 0 Å². The maximum Gasteiger partial charge on any atom is 0.142 e. The fourth-order valence-corrected chi connectivity index (χ4v) is 1.41. The van der Waals surface area contributed by atoms with Crippen LogP contribution in [0.4, 0.5) is 5.82 Å². The first kappa shape index (κ1) is 11.6. The summed E-state index contributed by atoms with van der Waals surface area (Å²) in [5.74, 6) is 1.43. The molecule has 1 aromatic heterocycles. The molecule has 0 amide bonds. The Labute approximate surface area is 90.9 Å². The molecule has 1 unspecified atom stereocenters. The van der Waals surface area contributed by atoms with E-state index in [-0.39, 0.29) is 0 Å². The van der Waals surface area contributed by atoms with Crippen LogP contribution in [-0.2, 0) is 7.05 Å². The molecule has 0 saturated heterocycles. The predicted octanol–water partition coefficient (Wildman–Crippen LogP) is 2.06. The summed E-state index contributed by atoms with van der Waals surface area (Å²) in [6.07, 6.45) is 1.13. The maximum atomic E-state index is 8.99. The van der Waals surface area contributed by atoms with Crippen LogP contribution in [0.1, 0.15) is 31.5 Å². The normalized spacial score (nSPS) is 12.2. The number of rotatable bonds is 4. The topological polar surface area (TPSA) is 53.6 Å². The largest absolute Gasteiger partial charge is 0.369 e. The lowest BCUT2D eigenvalue weighted by molar-refractivity contribution is 0.589. The molecule has 1 heterocycles. The van der Waals surface area contributed by atoms with Gasteiger partial charge in [0.1, 0.15) is 17.5 Å². The summed E-state index contributed by atoms with van der Waals surface area (Å²) in [6, 6.07) is 2.18. The molecule has 1 aromatic rings. The fourth-order valence-electron chi connectivity index (χ4n) is 1.41. The number of nitrogens with zero attached hydrogens (tertiary/aromatic N) is 3. The first-order valence-corrected chi connectivity index (χ1v) is 5.27. The maximum absolute atomic E-state index is 8.99. The van der Waals surface area contributed by atoms with Crippen molar-refractivity contribution in [3.8, 4) is 6.07 Å². The monoisotopic (exact) mass is 206 g/mol. The van der Waals surface area contributed by atoms with Crippen LogP contribution < -0.4 is 5.32 Å². The van der Waals surface area contributed by atoms with E-state index in [2.05, 4.69) is 30.3 Å². The van der Waals surface area contributed by atoms with E-state index in [0.29, 0.717) is 11.5 Å². The van der Waals surface area contributed by atoms with E-state index in [9.17, 15) is 0 Å². The zero-order chi connectivity index (χ0) is 11.4. The molecule has 4 heteroatoms. The minimum absolute atomic E-state index is 0.603. The number of aromatic nitrogens is 2. The Morgan fingerprint density at radius 3 is 2.80 bits per heavy atom. The van der Waals surface area contributed by atoms with Gasteiger partial charge in [0.15, 0.2) is 0 Å². The van der Waals surface area contributed by atoms with Crippen LogP contribution in [0.5, 0.6) is 0 Å². The molecule has 4 nitrogen and oxygen atoms in total. The van der Waals surface area contributed by atoms with Gasteiger partial charge < -0.3 is 5.32 Å². The van der Waals surface area contributed by atoms with Crippen molar-refractivity contribution in [1.82, 2.24) is 9.78 Å². The van der Waals surface area contributed by atoms with Crippen molar-refractivity contribution < 1.29 is 0 Å². The van der Waals surface area contributed by atoms with Crippen LogP contribution in [0.3, 0.4) is 0 Å². The molecule has 1 rings (SSSR count). The summed E-state index contributed by atoms with van der Waals surface area (Å²) < 4.78 is 1.73. The Morgan fingerprint density at radius 1 is 1.60 bits per heavy atom. The molecule has 0 fully saturated rings. The fraction of sp³-hybridized carbons (Fsp3) is 0.636. The Hall–Kier alpha value is -1.50. The quantitative estimate of drug-likeness (QED) is 0.820. The second kappa shape index (κ2) is 4.83. The van der Waals surface area contributed by atoms with E-state index in [0.717, 1.165) is 24.5 Å². The molecule has 1 N–H and O–H groups in total. The van der Waals surface area contributed by atoms with Gasteiger partial charge in [0.25, 0.3) is 0 Å². The molecule has 0 bridgehead atoms. The molecule has 1 atom stereocenters. The zero-order valence-corrected chi connectivity index (χ0v) is 9.83. The van der Waals surface area contributed by atoms with E-state index in [1.54, 1.807) is 4.68 Å². The van der Waals surface area contributed by atoms with Gasteiger partial charge in [-0.05, 0) is 12.8 Å². The molecule has 0 aromatic carbocycles. The van der Waals surface area contributed by atoms with Crippen LogP contribution in [0.15, 0.2) is 0 Å². The molecule has 82 valence electrons. The summed E-state index contributed by atoms with van der Waals surface area (Å²) in [7, 11) is 1.85. The van der Waals surface area contributed by atoms with Crippen LogP contribution in [0, 0.1) is 24.2 Å². The molecular formula is C11H18N4. The Balaban J connectivity index is 2.81. The van der Waals surface area contributed by atoms with Crippen LogP contribution >= 0.6 is 0 Å². The first-order valence-electron chi connectivity index (χ1n) is 5.27. The van der Waals surface area contributed by atoms with E-state index in [1.165, 1.54) is 0 Å². The average molecular weight is 206 g/mol. The third-order valence-electron chi connectivity index (χ3n) is 2.65. The summed E-state index contributed by atoms with van der Waals surface area (Å²) >= 11 is 0. The van der Waals surface area contributed by atoms with Crippen molar-refractivity contribution in [3.05, 3.63) is 11.3 Å². The molecule has 0 aliphatic heterocycles. The standard InChI is InChI=1S/C11H18N4/c1-5-8(2)7-13-11-10(6-12)9(3)14-15(11)4/h8,13H,5,7H2,1-4H3. The molecule has 0 radical (unpaired) electrons. The smallest absolute Gasteiger partial charge is 0.142 e. The predicted molar refractivity (Wildman–Crippen MR) is 60.6 cm³/mol. The molecule has 0 saturated carbocycles. The van der Waals surface area contributed by atoms with Crippen molar-refractivity contribution in [2.45, 2.75) is 27.2 Å². The van der Waals surface area contributed by atoms with Crippen molar-refractivity contribution in [2.24, 2.45) is 13.0 Å². The van der Waals surface area contributed by atoms with Crippen LogP contribution in [0.25, 0.3) is 0 Å². The number of nitriles is 1. The number of hydrogen-bond acceptors (Lipinski definition) is 3. The summed E-state index contributed by atoms with van der Waals surface area (Å²) in [5.41, 5.74) is 1.44. The third-order valence-corrected chi connectivity index (χ3v) is 2.65. The third kappa shape index (κ3) is 2.50. The van der Waals surface area contributed by atoms with Gasteiger partial charge in [-0.15, -0.1) is 0 Å². The highest BCUT2D eigenvalue weighted by molar-refractivity contribution is 5.54. The second-order valence-electron chi connectivity index (χ2n) is 3.94. The molecule has 0 spiro atoms. The van der Waals surface area contributed by atoms with E-state index in [1.807, 2.05) is 14.0 Å². The molecule has 0 aliphatic rings. The summed E-state index contributed by atoms with van der Waals surface area (Å²) in [4.78, 5) is 0. The van der Waals surface area contributed by atoms with Gasteiger partial charge in [-0.25, -0.2) is 0 Å². The molecule has 15 heavy (non-hydrogen) atoms. The highest BCUT2D eigenvalue weighted by Crippen LogP contribution is 2.17. The average Bonchev–Trinajstić information content (AvgIpc) is 2.49. The van der Waals surface area contributed by atoms with E-state index < -0.39 is 0 Å². The highest BCUT2D eigenvalue weighted by Gasteiger charge is 2.12. The zero-order valence-electron chi connectivity index (χ0n) is 9.83. The number of hydrogen-bond donors (Lipinski definition) is 1. The van der Waals surface area contributed by atoms with Gasteiger partial charge in [-0.2, -0.15) is 10.4 Å². The second-order valence-corrected chi connectivity index (χ2v) is 3.94. The number of nitrogens with one attached hydrogen (secondary N) is 1. The number of anilines is 1. The van der Waals surface area contributed by atoms with Crippen molar-refractivity contribution in [3.63, 3.8) is 0 Å². The lowest BCUT2D eigenvalue weighted by Gasteiger charge is -2.11. The summed E-state index contributed by atoms with van der Waals surface area (Å²) in [6.45, 7) is 7.07. The highest BCUT2D eigenvalue weighted by atomic mass is 15.3. The lowest BCUT2D eigenvalue weighted by atomic mass is 10.1. The van der Waals surface area contributed by atoms with Gasteiger partial charge in [-0.1, -0.05) is 20.3 Å². The van der Waals surface area contributed by atoms with Crippen LogP contribution in [0.2, 0.25) is 0 Å². The Morgan fingerprint density at radius 2 is 2.27 bits per heavy atom. The minimum atomic E-state index is 0.603. The lowest BCUT2D eigenvalue weighted by Crippen LogP contribution is -2.13. The van der Waals surface area contributed by atoms with Gasteiger partial charge in [0.05, 0.1) is 5.69 Å². The van der Waals surface area contributed by atoms with Gasteiger partial charge in [-0.3, -0.25) is 4.68 Å². The van der Waals surface area contributed by atoms with E-state index in [4.69, 9.17) is 5.26 Å². The van der Waals surface area contributed by atoms with Crippen molar-refractivity contribution in [1.29, 1.82) is 5.26 Å². The SMILES string of the molecule is CCC(C)CNc1c(C#N)c(C)nn1C. The van der Waals surface area contributed by atoms with E-state index >= 15 is 0 Å². The Kier molecular flexibility index (Phi) is 3.73.